The third-order valence-electron chi connectivity index (χ3n) is 4.70. The SMILES string of the molecule is CC(C)C[C@H](NC(=O)[C@@H](N)CO)C(=O)N[C@H](C(=O)N[C@@H](CCCNC(N)=O)C(=O)O)C(C)C. The summed E-state index contributed by atoms with van der Waals surface area (Å²) in [6.45, 7) is 6.59. The zero-order chi connectivity index (χ0) is 25.7. The molecule has 0 saturated heterocycles. The van der Waals surface area contributed by atoms with Crippen molar-refractivity contribution in [2.45, 2.75) is 71.1 Å². The Balaban J connectivity index is 5.28. The number of carboxylic acid groups (broad SMARTS) is 1. The molecule has 0 saturated carbocycles. The van der Waals surface area contributed by atoms with E-state index in [1.54, 1.807) is 13.8 Å². The van der Waals surface area contributed by atoms with E-state index in [2.05, 4.69) is 21.3 Å². The molecule has 0 spiro atoms. The maximum atomic E-state index is 12.9. The first-order valence-electron chi connectivity index (χ1n) is 10.8. The highest BCUT2D eigenvalue weighted by atomic mass is 16.4. The lowest BCUT2D eigenvalue weighted by Crippen LogP contribution is -2.58. The number of amides is 5. The average Bonchev–Trinajstić information content (AvgIpc) is 2.71. The van der Waals surface area contributed by atoms with Gasteiger partial charge in [-0.3, -0.25) is 14.4 Å². The van der Waals surface area contributed by atoms with Gasteiger partial charge in [-0.2, -0.15) is 0 Å². The number of rotatable bonds is 15. The molecule has 0 fully saturated rings. The predicted octanol–water partition coefficient (Wildman–Crippen LogP) is -2.00. The molecule has 0 aromatic heterocycles. The third kappa shape index (κ3) is 12.0. The molecule has 0 aromatic carbocycles. The monoisotopic (exact) mass is 474 g/mol. The van der Waals surface area contributed by atoms with E-state index in [-0.39, 0.29) is 31.7 Å². The number of aliphatic hydroxyl groups is 1. The Morgan fingerprint density at radius 1 is 0.879 bits per heavy atom. The Morgan fingerprint density at radius 3 is 1.91 bits per heavy atom. The van der Waals surface area contributed by atoms with E-state index in [0.29, 0.717) is 0 Å². The van der Waals surface area contributed by atoms with Gasteiger partial charge < -0.3 is 42.9 Å². The van der Waals surface area contributed by atoms with E-state index in [0.717, 1.165) is 0 Å². The van der Waals surface area contributed by atoms with Crippen LogP contribution in [0.2, 0.25) is 0 Å². The molecular formula is C20H38N6O7. The minimum absolute atomic E-state index is 0.0168. The van der Waals surface area contributed by atoms with Crippen LogP contribution in [0.25, 0.3) is 0 Å². The van der Waals surface area contributed by atoms with Crippen molar-refractivity contribution in [3.63, 3.8) is 0 Å². The topological polar surface area (TPSA) is 226 Å². The summed E-state index contributed by atoms with van der Waals surface area (Å²) in [6.07, 6.45) is 0.546. The molecule has 0 heterocycles. The summed E-state index contributed by atoms with van der Waals surface area (Å²) in [6, 6.07) is -5.24. The Kier molecular flexibility index (Phi) is 13.7. The second-order valence-corrected chi connectivity index (χ2v) is 8.54. The van der Waals surface area contributed by atoms with E-state index in [1.165, 1.54) is 0 Å². The van der Waals surface area contributed by atoms with E-state index < -0.39 is 66.4 Å². The van der Waals surface area contributed by atoms with Crippen molar-refractivity contribution >= 4 is 29.7 Å². The minimum atomic E-state index is -1.26. The van der Waals surface area contributed by atoms with Crippen LogP contribution in [0.3, 0.4) is 0 Å². The number of primary amides is 1. The Morgan fingerprint density at radius 2 is 1.45 bits per heavy atom. The van der Waals surface area contributed by atoms with Crippen LogP contribution >= 0.6 is 0 Å². The lowest BCUT2D eigenvalue weighted by atomic mass is 9.99. The van der Waals surface area contributed by atoms with Crippen molar-refractivity contribution < 1.29 is 34.2 Å². The van der Waals surface area contributed by atoms with Crippen molar-refractivity contribution in [1.29, 1.82) is 0 Å². The van der Waals surface area contributed by atoms with Crippen LogP contribution in [-0.4, -0.2) is 77.3 Å². The van der Waals surface area contributed by atoms with Crippen LogP contribution in [0.4, 0.5) is 4.79 Å². The maximum Gasteiger partial charge on any atom is 0.326 e. The molecule has 4 atom stereocenters. The standard InChI is InChI=1S/C20H38N6O7/c1-10(2)8-14(25-16(28)12(21)9-27)17(29)26-15(11(3)4)18(30)24-13(19(31)32)6-5-7-23-20(22)33/h10-15,27H,5-9,21H2,1-4H3,(H,24,30)(H,25,28)(H,26,29)(H,31,32)(H3,22,23,33)/t12-,13-,14-,15-/m0/s1. The summed E-state index contributed by atoms with van der Waals surface area (Å²) in [4.78, 5) is 59.9. The number of carbonyl (C=O) groups is 5. The predicted molar refractivity (Wildman–Crippen MR) is 120 cm³/mol. The average molecular weight is 475 g/mol. The molecule has 190 valence electrons. The van der Waals surface area contributed by atoms with E-state index in [9.17, 15) is 29.1 Å². The maximum absolute atomic E-state index is 12.9. The molecule has 0 radical (unpaired) electrons. The zero-order valence-corrected chi connectivity index (χ0v) is 19.6. The van der Waals surface area contributed by atoms with Crippen molar-refractivity contribution in [1.82, 2.24) is 21.3 Å². The lowest BCUT2D eigenvalue weighted by molar-refractivity contribution is -0.142. The second kappa shape index (κ2) is 15.0. The molecule has 0 aromatic rings. The molecule has 0 aliphatic carbocycles. The minimum Gasteiger partial charge on any atom is -0.480 e. The molecule has 13 nitrogen and oxygen atoms in total. The van der Waals surface area contributed by atoms with E-state index in [1.807, 2.05) is 13.8 Å². The highest BCUT2D eigenvalue weighted by Crippen LogP contribution is 2.09. The summed E-state index contributed by atoms with van der Waals surface area (Å²) in [7, 11) is 0. The van der Waals surface area contributed by atoms with Crippen molar-refractivity contribution in [3.8, 4) is 0 Å². The van der Waals surface area contributed by atoms with Crippen LogP contribution < -0.4 is 32.7 Å². The molecule has 13 heteroatoms. The van der Waals surface area contributed by atoms with Gasteiger partial charge >= 0.3 is 12.0 Å². The van der Waals surface area contributed by atoms with Crippen LogP contribution in [-0.2, 0) is 19.2 Å². The Bertz CT molecular complexity index is 686. The second-order valence-electron chi connectivity index (χ2n) is 8.54. The summed E-state index contributed by atoms with van der Waals surface area (Å²) >= 11 is 0. The van der Waals surface area contributed by atoms with Crippen molar-refractivity contribution in [3.05, 3.63) is 0 Å². The van der Waals surface area contributed by atoms with Gasteiger partial charge in [0.1, 0.15) is 24.2 Å². The molecular weight excluding hydrogens is 436 g/mol. The van der Waals surface area contributed by atoms with Gasteiger partial charge in [0.15, 0.2) is 0 Å². The fourth-order valence-corrected chi connectivity index (χ4v) is 2.89. The van der Waals surface area contributed by atoms with Gasteiger partial charge in [-0.05, 0) is 31.1 Å². The van der Waals surface area contributed by atoms with Crippen LogP contribution in [0.5, 0.6) is 0 Å². The van der Waals surface area contributed by atoms with Gasteiger partial charge in [-0.15, -0.1) is 0 Å². The quantitative estimate of drug-likeness (QED) is 0.123. The number of aliphatic hydroxyl groups excluding tert-OH is 1. The van der Waals surface area contributed by atoms with Crippen LogP contribution in [0, 0.1) is 11.8 Å². The van der Waals surface area contributed by atoms with Crippen molar-refractivity contribution in [2.24, 2.45) is 23.3 Å². The Hall–Kier alpha value is -2.93. The van der Waals surface area contributed by atoms with Crippen LogP contribution in [0.1, 0.15) is 47.0 Å². The fraction of sp³-hybridized carbons (Fsp3) is 0.750. The number of hydrogen-bond donors (Lipinski definition) is 8. The van der Waals surface area contributed by atoms with E-state index in [4.69, 9.17) is 16.6 Å². The van der Waals surface area contributed by atoms with Gasteiger partial charge in [0.2, 0.25) is 17.7 Å². The van der Waals surface area contributed by atoms with Gasteiger partial charge in [0.25, 0.3) is 0 Å². The van der Waals surface area contributed by atoms with E-state index >= 15 is 0 Å². The van der Waals surface area contributed by atoms with Gasteiger partial charge in [-0.25, -0.2) is 9.59 Å². The van der Waals surface area contributed by atoms with Gasteiger partial charge in [0, 0.05) is 6.54 Å². The largest absolute Gasteiger partial charge is 0.480 e. The lowest BCUT2D eigenvalue weighted by Gasteiger charge is -2.27. The normalized spacial score (nSPS) is 14.7. The first-order valence-corrected chi connectivity index (χ1v) is 10.8. The summed E-state index contributed by atoms with van der Waals surface area (Å²) in [5.41, 5.74) is 10.5. The zero-order valence-electron chi connectivity index (χ0n) is 19.6. The number of carbonyl (C=O) groups excluding carboxylic acids is 4. The number of hydrogen-bond acceptors (Lipinski definition) is 7. The molecule has 0 bridgehead atoms. The van der Waals surface area contributed by atoms with Gasteiger partial charge in [0.05, 0.1) is 6.61 Å². The number of nitrogens with two attached hydrogens (primary N) is 2. The molecule has 0 aliphatic rings. The van der Waals surface area contributed by atoms with Crippen molar-refractivity contribution in [2.75, 3.05) is 13.2 Å². The molecule has 5 amide bonds. The fourth-order valence-electron chi connectivity index (χ4n) is 2.89. The molecule has 0 unspecified atom stereocenters. The molecule has 0 rings (SSSR count). The number of urea groups is 1. The number of carboxylic acids is 1. The summed E-state index contributed by atoms with van der Waals surface area (Å²) < 4.78 is 0. The smallest absolute Gasteiger partial charge is 0.326 e. The first-order chi connectivity index (χ1) is 15.3. The molecule has 0 aliphatic heterocycles. The molecule has 10 N–H and O–H groups in total. The number of nitrogens with one attached hydrogen (secondary N) is 4. The summed E-state index contributed by atoms with van der Waals surface area (Å²) in [5.74, 6) is -3.68. The highest BCUT2D eigenvalue weighted by molar-refractivity contribution is 5.94. The van der Waals surface area contributed by atoms with Crippen LogP contribution in [0.15, 0.2) is 0 Å². The first kappa shape index (κ1) is 30.1. The Labute approximate surface area is 193 Å². The number of aliphatic carboxylic acids is 1. The molecule has 33 heavy (non-hydrogen) atoms. The third-order valence-corrected chi connectivity index (χ3v) is 4.70. The van der Waals surface area contributed by atoms with Gasteiger partial charge in [-0.1, -0.05) is 27.7 Å². The highest BCUT2D eigenvalue weighted by Gasteiger charge is 2.32. The summed E-state index contributed by atoms with van der Waals surface area (Å²) in [5, 5.41) is 28.2.